The molecule has 0 spiro atoms. The number of nitrogens with one attached hydrogen (secondary N) is 1. The zero-order valence-electron chi connectivity index (χ0n) is 17.5. The van der Waals surface area contributed by atoms with E-state index in [0.717, 1.165) is 16.6 Å². The number of amidine groups is 1. The third-order valence-electron chi connectivity index (χ3n) is 4.99. The van der Waals surface area contributed by atoms with Crippen molar-refractivity contribution in [3.05, 3.63) is 53.2 Å². The van der Waals surface area contributed by atoms with Crippen molar-refractivity contribution < 1.29 is 22.8 Å². The van der Waals surface area contributed by atoms with Crippen molar-refractivity contribution in [2.45, 2.75) is 32.3 Å². The molecule has 1 amide bonds. The van der Waals surface area contributed by atoms with Crippen LogP contribution in [-0.4, -0.2) is 64.8 Å². The first-order valence-electron chi connectivity index (χ1n) is 10.1. The number of benzene rings is 1. The summed E-state index contributed by atoms with van der Waals surface area (Å²) in [6.45, 7) is 4.04. The van der Waals surface area contributed by atoms with E-state index >= 15 is 0 Å². The number of hydroxylamine groups is 2. The summed E-state index contributed by atoms with van der Waals surface area (Å²) < 4.78 is 39.7. The Morgan fingerprint density at radius 3 is 2.75 bits per heavy atom. The second-order valence-electron chi connectivity index (χ2n) is 7.52. The van der Waals surface area contributed by atoms with Gasteiger partial charge in [0.25, 0.3) is 5.91 Å². The van der Waals surface area contributed by atoms with Crippen LogP contribution in [0.15, 0.2) is 52.6 Å². The summed E-state index contributed by atoms with van der Waals surface area (Å²) >= 11 is 1.45. The summed E-state index contributed by atoms with van der Waals surface area (Å²) in [7, 11) is 0. The van der Waals surface area contributed by atoms with E-state index in [1.165, 1.54) is 23.3 Å². The number of carbonyl (C=O) groups excluding carboxylic acids is 1. The maximum Gasteiger partial charge on any atom is 0.431 e. The number of hydrogen-bond donors (Lipinski definition) is 1. The summed E-state index contributed by atoms with van der Waals surface area (Å²) in [5, 5.41) is 6.25. The topological polar surface area (TPSA) is 70.1 Å². The first-order chi connectivity index (χ1) is 15.2. The molecule has 1 aromatic carbocycles. The van der Waals surface area contributed by atoms with Gasteiger partial charge in [0.15, 0.2) is 5.84 Å². The van der Waals surface area contributed by atoms with Crippen LogP contribution >= 0.6 is 11.3 Å². The Morgan fingerprint density at radius 2 is 2.03 bits per heavy atom. The van der Waals surface area contributed by atoms with Gasteiger partial charge >= 0.3 is 6.18 Å². The Bertz CT molecular complexity index is 1040. The lowest BCUT2D eigenvalue weighted by Crippen LogP contribution is -2.42. The number of aromatic nitrogens is 1. The van der Waals surface area contributed by atoms with Gasteiger partial charge in [-0.2, -0.15) is 13.2 Å². The van der Waals surface area contributed by atoms with Crippen LogP contribution in [0.5, 0.6) is 0 Å². The second-order valence-corrected chi connectivity index (χ2v) is 8.41. The molecule has 0 radical (unpaired) electrons. The van der Waals surface area contributed by atoms with Gasteiger partial charge in [-0.25, -0.2) is 15.0 Å². The monoisotopic (exact) mass is 465 g/mol. The van der Waals surface area contributed by atoms with Gasteiger partial charge in [-0.3, -0.25) is 9.63 Å². The number of thiazole rings is 1. The highest BCUT2D eigenvalue weighted by Gasteiger charge is 2.38. The third-order valence-corrected chi connectivity index (χ3v) is 5.80. The minimum absolute atomic E-state index is 0.0768. The fraction of sp³-hybridized carbons (Fsp3) is 0.381. The fourth-order valence-electron chi connectivity index (χ4n) is 3.62. The summed E-state index contributed by atoms with van der Waals surface area (Å²) in [6.07, 6.45) is -3.10. The molecule has 1 N–H and O–H groups in total. The van der Waals surface area contributed by atoms with E-state index in [1.807, 2.05) is 17.5 Å². The Balaban J connectivity index is 1.55. The van der Waals surface area contributed by atoms with E-state index in [1.54, 1.807) is 30.2 Å². The van der Waals surface area contributed by atoms with Gasteiger partial charge in [0.05, 0.1) is 6.54 Å². The lowest BCUT2D eigenvalue weighted by atomic mass is 10.1. The SMILES string of the molecule is CC1N=C(N2CCN(C(=O)c3ccccc3-c3nccs3)C[C@H](C)O2)C=C(C(F)(F)F)N1. The van der Waals surface area contributed by atoms with E-state index in [0.29, 0.717) is 12.1 Å². The Kier molecular flexibility index (Phi) is 6.20. The molecule has 1 unspecified atom stereocenters. The van der Waals surface area contributed by atoms with E-state index in [9.17, 15) is 18.0 Å². The van der Waals surface area contributed by atoms with Crippen molar-refractivity contribution >= 4 is 23.1 Å². The van der Waals surface area contributed by atoms with Crippen LogP contribution < -0.4 is 5.32 Å². The standard InChI is InChI=1S/C21H22F3N5O2S/c1-13-12-28(20(30)16-6-4-3-5-15(16)19-25-7-10-32-19)8-9-29(31-13)18-11-17(21(22,23)24)26-14(2)27-18/h3-7,10-11,13-14,26H,8-9,12H2,1-2H3/t13-,14?/m0/s1. The van der Waals surface area contributed by atoms with Gasteiger partial charge in [-0.15, -0.1) is 11.3 Å². The molecule has 2 aliphatic heterocycles. The van der Waals surface area contributed by atoms with Gasteiger partial charge in [-0.05, 0) is 19.9 Å². The van der Waals surface area contributed by atoms with Crippen molar-refractivity contribution in [1.29, 1.82) is 0 Å². The molecule has 1 saturated heterocycles. The predicted molar refractivity (Wildman–Crippen MR) is 115 cm³/mol. The van der Waals surface area contributed by atoms with Gasteiger partial charge in [0.2, 0.25) is 0 Å². The third kappa shape index (κ3) is 4.78. The maximum absolute atomic E-state index is 13.4. The van der Waals surface area contributed by atoms with Crippen LogP contribution in [0, 0.1) is 0 Å². The Morgan fingerprint density at radius 1 is 1.25 bits per heavy atom. The molecule has 0 bridgehead atoms. The van der Waals surface area contributed by atoms with Crippen molar-refractivity contribution in [1.82, 2.24) is 20.3 Å². The number of nitrogens with zero attached hydrogens (tertiary/aromatic N) is 4. The number of rotatable bonds is 2. The van der Waals surface area contributed by atoms with E-state index < -0.39 is 24.1 Å². The second kappa shape index (κ2) is 8.91. The molecule has 7 nitrogen and oxygen atoms in total. The number of hydrogen-bond acceptors (Lipinski definition) is 7. The number of amides is 1. The quantitative estimate of drug-likeness (QED) is 0.733. The molecular formula is C21H22F3N5O2S. The summed E-state index contributed by atoms with van der Waals surface area (Å²) in [6, 6.07) is 7.25. The summed E-state index contributed by atoms with van der Waals surface area (Å²) in [5.74, 6) is -0.104. The molecule has 1 aromatic heterocycles. The number of carbonyl (C=O) groups is 1. The molecule has 170 valence electrons. The van der Waals surface area contributed by atoms with Crippen LogP contribution in [0.1, 0.15) is 24.2 Å². The average molecular weight is 466 g/mol. The summed E-state index contributed by atoms with van der Waals surface area (Å²) in [5.41, 5.74) is 0.396. The lowest BCUT2D eigenvalue weighted by Gasteiger charge is -2.29. The number of alkyl halides is 3. The number of halogens is 3. The molecule has 2 aliphatic rings. The zero-order chi connectivity index (χ0) is 22.9. The first-order valence-corrected chi connectivity index (χ1v) is 11.0. The smallest absolute Gasteiger partial charge is 0.360 e. The van der Waals surface area contributed by atoms with Crippen molar-refractivity contribution in [3.8, 4) is 10.6 Å². The van der Waals surface area contributed by atoms with Crippen molar-refractivity contribution in [3.63, 3.8) is 0 Å². The normalized spacial score (nSPS) is 22.0. The highest BCUT2D eigenvalue weighted by Crippen LogP contribution is 2.28. The molecule has 11 heteroatoms. The van der Waals surface area contributed by atoms with Crippen molar-refractivity contribution in [2.24, 2.45) is 4.99 Å². The Hall–Kier alpha value is -2.92. The first kappa shape index (κ1) is 22.3. The zero-order valence-corrected chi connectivity index (χ0v) is 18.3. The molecule has 2 atom stereocenters. The lowest BCUT2D eigenvalue weighted by molar-refractivity contribution is -0.127. The predicted octanol–water partition coefficient (Wildman–Crippen LogP) is 3.68. The number of aliphatic imine (C=N–C) groups is 1. The van der Waals surface area contributed by atoms with Crippen LogP contribution in [0.3, 0.4) is 0 Å². The molecule has 4 rings (SSSR count). The molecule has 0 saturated carbocycles. The molecule has 0 aliphatic carbocycles. The molecule has 32 heavy (non-hydrogen) atoms. The fourth-order valence-corrected chi connectivity index (χ4v) is 4.29. The summed E-state index contributed by atoms with van der Waals surface area (Å²) in [4.78, 5) is 29.4. The maximum atomic E-state index is 13.4. The van der Waals surface area contributed by atoms with E-state index in [-0.39, 0.29) is 24.8 Å². The molecule has 2 aromatic rings. The van der Waals surface area contributed by atoms with E-state index in [2.05, 4.69) is 15.3 Å². The Labute approximate surface area is 187 Å². The highest BCUT2D eigenvalue weighted by molar-refractivity contribution is 7.13. The van der Waals surface area contributed by atoms with E-state index in [4.69, 9.17) is 4.84 Å². The van der Waals surface area contributed by atoms with Crippen LogP contribution in [0.25, 0.3) is 10.6 Å². The molecule has 1 fully saturated rings. The minimum atomic E-state index is -4.52. The van der Waals surface area contributed by atoms with Gasteiger partial charge in [0, 0.05) is 41.9 Å². The van der Waals surface area contributed by atoms with Crippen LogP contribution in [0.4, 0.5) is 13.2 Å². The van der Waals surface area contributed by atoms with Gasteiger partial charge < -0.3 is 10.2 Å². The minimum Gasteiger partial charge on any atom is -0.360 e. The largest absolute Gasteiger partial charge is 0.431 e. The molecule has 3 heterocycles. The van der Waals surface area contributed by atoms with Crippen LogP contribution in [-0.2, 0) is 4.84 Å². The highest BCUT2D eigenvalue weighted by atomic mass is 32.1. The van der Waals surface area contributed by atoms with Crippen LogP contribution in [0.2, 0.25) is 0 Å². The van der Waals surface area contributed by atoms with Gasteiger partial charge in [-0.1, -0.05) is 18.2 Å². The van der Waals surface area contributed by atoms with Gasteiger partial charge in [0.1, 0.15) is 23.0 Å². The molecular weight excluding hydrogens is 443 g/mol. The average Bonchev–Trinajstić information content (AvgIpc) is 3.21. The number of allylic oxidation sites excluding steroid dienone is 1. The van der Waals surface area contributed by atoms with Crippen molar-refractivity contribution in [2.75, 3.05) is 19.6 Å².